The van der Waals surface area contributed by atoms with Crippen molar-refractivity contribution in [3.63, 3.8) is 0 Å². The van der Waals surface area contributed by atoms with Gasteiger partial charge in [0.15, 0.2) is 23.2 Å². The first kappa shape index (κ1) is 15.7. The van der Waals surface area contributed by atoms with E-state index in [1.54, 1.807) is 0 Å². The minimum absolute atomic E-state index is 0.746. The summed E-state index contributed by atoms with van der Waals surface area (Å²) in [5, 5.41) is 0. The van der Waals surface area contributed by atoms with Gasteiger partial charge in [0.25, 0.3) is 0 Å². The number of imidazole rings is 2. The molecule has 0 saturated heterocycles. The Morgan fingerprint density at radius 1 is 1.04 bits per heavy atom. The minimum atomic E-state index is 0.746. The van der Waals surface area contributed by atoms with Crippen molar-refractivity contribution < 1.29 is 4.42 Å². The zero-order valence-corrected chi connectivity index (χ0v) is 14.7. The molecule has 128 valence electrons. The van der Waals surface area contributed by atoms with Gasteiger partial charge in [0.05, 0.1) is 11.0 Å². The lowest BCUT2D eigenvalue weighted by Crippen LogP contribution is -2.18. The summed E-state index contributed by atoms with van der Waals surface area (Å²) in [5.74, 6) is 3.16. The number of aromatic nitrogens is 4. The molecule has 3 aromatic heterocycles. The normalized spacial score (nSPS) is 11.7. The molecule has 0 fully saturated rings. The summed E-state index contributed by atoms with van der Waals surface area (Å²) < 4.78 is 10.3. The highest BCUT2D eigenvalue weighted by molar-refractivity contribution is 5.79. The van der Waals surface area contributed by atoms with Gasteiger partial charge < -0.3 is 18.5 Å². The molecule has 0 bridgehead atoms. The Bertz CT molecular complexity index is 1010. The second kappa shape index (κ2) is 6.22. The van der Waals surface area contributed by atoms with E-state index in [1.165, 1.54) is 0 Å². The number of hydrogen-bond donors (Lipinski definition) is 0. The molecule has 0 spiro atoms. The first-order valence-electron chi connectivity index (χ1n) is 8.31. The van der Waals surface area contributed by atoms with Crippen LogP contribution in [0.3, 0.4) is 0 Å². The Labute approximate surface area is 146 Å². The average Bonchev–Trinajstić information content (AvgIpc) is 3.31. The monoisotopic (exact) mass is 335 g/mol. The molecule has 0 radical (unpaired) electrons. The number of benzene rings is 1. The molecule has 3 heterocycles. The van der Waals surface area contributed by atoms with Gasteiger partial charge in [0, 0.05) is 32.5 Å². The topological polar surface area (TPSA) is 52.0 Å². The van der Waals surface area contributed by atoms with Crippen LogP contribution in [-0.2, 0) is 13.6 Å². The van der Waals surface area contributed by atoms with Gasteiger partial charge in [-0.15, -0.1) is 0 Å². The summed E-state index contributed by atoms with van der Waals surface area (Å²) >= 11 is 0. The molecule has 6 nitrogen and oxygen atoms in total. The van der Waals surface area contributed by atoms with Crippen LogP contribution in [0.25, 0.3) is 34.2 Å². The zero-order chi connectivity index (χ0) is 17.4. The molecule has 0 saturated carbocycles. The summed E-state index contributed by atoms with van der Waals surface area (Å²) in [4.78, 5) is 11.3. The van der Waals surface area contributed by atoms with Crippen molar-refractivity contribution in [1.82, 2.24) is 24.0 Å². The van der Waals surface area contributed by atoms with Gasteiger partial charge in [0.2, 0.25) is 0 Å². The number of para-hydroxylation sites is 2. The Morgan fingerprint density at radius 3 is 2.56 bits per heavy atom. The van der Waals surface area contributed by atoms with Gasteiger partial charge in [-0.25, -0.2) is 9.97 Å². The maximum atomic E-state index is 6.09. The molecule has 0 N–H and O–H groups in total. The van der Waals surface area contributed by atoms with Crippen LogP contribution < -0.4 is 0 Å². The van der Waals surface area contributed by atoms with Crippen LogP contribution in [-0.4, -0.2) is 44.6 Å². The number of aryl methyl sites for hydroxylation is 1. The average molecular weight is 335 g/mol. The third-order valence-electron chi connectivity index (χ3n) is 4.34. The Hall–Kier alpha value is -2.86. The van der Waals surface area contributed by atoms with Gasteiger partial charge in [-0.05, 0) is 38.4 Å². The lowest BCUT2D eigenvalue weighted by molar-refractivity contribution is 0.384. The van der Waals surface area contributed by atoms with Crippen molar-refractivity contribution in [2.75, 3.05) is 20.6 Å². The fourth-order valence-corrected chi connectivity index (χ4v) is 2.97. The van der Waals surface area contributed by atoms with Crippen molar-refractivity contribution in [2.24, 2.45) is 7.05 Å². The fourth-order valence-electron chi connectivity index (χ4n) is 2.97. The largest absolute Gasteiger partial charge is 0.450 e. The standard InChI is InChI=1S/C19H21N5O/c1-22(2)12-13-24-11-10-20-18(24)16-8-9-17(25-16)19-21-14-6-4-5-7-15(14)23(19)3/h4-11H,12-13H2,1-3H3. The quantitative estimate of drug-likeness (QED) is 0.562. The number of hydrogen-bond acceptors (Lipinski definition) is 4. The maximum Gasteiger partial charge on any atom is 0.177 e. The van der Waals surface area contributed by atoms with Crippen molar-refractivity contribution in [3.8, 4) is 23.2 Å². The summed E-state index contributed by atoms with van der Waals surface area (Å²) in [5.41, 5.74) is 2.05. The van der Waals surface area contributed by atoms with E-state index in [-0.39, 0.29) is 0 Å². The van der Waals surface area contributed by atoms with Crippen LogP contribution in [0.4, 0.5) is 0 Å². The van der Waals surface area contributed by atoms with Crippen LogP contribution in [0.2, 0.25) is 0 Å². The molecule has 0 aliphatic carbocycles. The third kappa shape index (κ3) is 2.85. The molecule has 1 aromatic carbocycles. The van der Waals surface area contributed by atoms with Crippen molar-refractivity contribution >= 4 is 11.0 Å². The lowest BCUT2D eigenvalue weighted by atomic mass is 10.3. The van der Waals surface area contributed by atoms with E-state index in [0.717, 1.165) is 47.3 Å². The molecular weight excluding hydrogens is 314 g/mol. The summed E-state index contributed by atoms with van der Waals surface area (Å²) in [6, 6.07) is 12.0. The molecule has 4 aromatic rings. The predicted molar refractivity (Wildman–Crippen MR) is 98.2 cm³/mol. The van der Waals surface area contributed by atoms with Crippen LogP contribution in [0.5, 0.6) is 0 Å². The highest BCUT2D eigenvalue weighted by Crippen LogP contribution is 2.29. The number of nitrogens with zero attached hydrogens (tertiary/aromatic N) is 5. The van der Waals surface area contributed by atoms with Gasteiger partial charge in [0.1, 0.15) is 0 Å². The molecule has 6 heteroatoms. The molecule has 0 amide bonds. The molecular formula is C19H21N5O. The lowest BCUT2D eigenvalue weighted by Gasteiger charge is -2.11. The van der Waals surface area contributed by atoms with E-state index in [9.17, 15) is 0 Å². The second-order valence-electron chi connectivity index (χ2n) is 6.39. The molecule has 25 heavy (non-hydrogen) atoms. The van der Waals surface area contributed by atoms with Gasteiger partial charge in [-0.1, -0.05) is 12.1 Å². The van der Waals surface area contributed by atoms with Crippen LogP contribution in [0.15, 0.2) is 53.2 Å². The molecule has 4 rings (SSSR count). The number of fused-ring (bicyclic) bond motifs is 1. The Balaban J connectivity index is 1.69. The SMILES string of the molecule is CN(C)CCn1ccnc1-c1ccc(-c2nc3ccccc3n2C)o1. The number of rotatable bonds is 5. The van der Waals surface area contributed by atoms with E-state index in [2.05, 4.69) is 39.2 Å². The smallest absolute Gasteiger partial charge is 0.177 e. The predicted octanol–water partition coefficient (Wildman–Crippen LogP) is 3.26. The van der Waals surface area contributed by atoms with E-state index < -0.39 is 0 Å². The number of likely N-dealkylation sites (N-methyl/N-ethyl adjacent to an activating group) is 1. The summed E-state index contributed by atoms with van der Waals surface area (Å²) in [6.45, 7) is 1.81. The van der Waals surface area contributed by atoms with Crippen molar-refractivity contribution in [1.29, 1.82) is 0 Å². The number of furan rings is 1. The van der Waals surface area contributed by atoms with E-state index in [4.69, 9.17) is 9.40 Å². The fraction of sp³-hybridized carbons (Fsp3) is 0.263. The molecule has 0 aliphatic heterocycles. The van der Waals surface area contributed by atoms with E-state index in [0.29, 0.717) is 0 Å². The third-order valence-corrected chi connectivity index (χ3v) is 4.34. The first-order chi connectivity index (χ1) is 12.1. The Morgan fingerprint density at radius 2 is 1.80 bits per heavy atom. The van der Waals surface area contributed by atoms with Crippen LogP contribution in [0, 0.1) is 0 Å². The molecule has 0 atom stereocenters. The van der Waals surface area contributed by atoms with E-state index >= 15 is 0 Å². The van der Waals surface area contributed by atoms with E-state index in [1.807, 2.05) is 49.8 Å². The van der Waals surface area contributed by atoms with Crippen LogP contribution in [0.1, 0.15) is 0 Å². The van der Waals surface area contributed by atoms with Gasteiger partial charge in [-0.2, -0.15) is 0 Å². The molecule has 0 aliphatic rings. The Kier molecular flexibility index (Phi) is 3.89. The highest BCUT2D eigenvalue weighted by Gasteiger charge is 2.16. The molecule has 0 unspecified atom stereocenters. The minimum Gasteiger partial charge on any atom is -0.450 e. The van der Waals surface area contributed by atoms with Crippen LogP contribution >= 0.6 is 0 Å². The summed E-state index contributed by atoms with van der Waals surface area (Å²) in [6.07, 6.45) is 3.79. The first-order valence-corrected chi connectivity index (χ1v) is 8.31. The second-order valence-corrected chi connectivity index (χ2v) is 6.39. The van der Waals surface area contributed by atoms with Gasteiger partial charge >= 0.3 is 0 Å². The summed E-state index contributed by atoms with van der Waals surface area (Å²) in [7, 11) is 6.13. The van der Waals surface area contributed by atoms with Gasteiger partial charge in [-0.3, -0.25) is 0 Å². The van der Waals surface area contributed by atoms with Crippen molar-refractivity contribution in [3.05, 3.63) is 48.8 Å². The highest BCUT2D eigenvalue weighted by atomic mass is 16.3. The zero-order valence-electron chi connectivity index (χ0n) is 14.7. The van der Waals surface area contributed by atoms with Crippen molar-refractivity contribution in [2.45, 2.75) is 6.54 Å². The maximum absolute atomic E-state index is 6.09.